The number of anilines is 1. The van der Waals surface area contributed by atoms with Crippen LogP contribution < -0.4 is 5.73 Å². The van der Waals surface area contributed by atoms with Crippen LogP contribution in [0.2, 0.25) is 0 Å². The van der Waals surface area contributed by atoms with E-state index in [1.165, 1.54) is 28.9 Å². The molecule has 0 radical (unpaired) electrons. The zero-order chi connectivity index (χ0) is 9.97. The van der Waals surface area contributed by atoms with Crippen LogP contribution in [0, 0.1) is 6.92 Å². The monoisotopic (exact) mass is 223 g/mol. The van der Waals surface area contributed by atoms with Crippen LogP contribution in [0.3, 0.4) is 0 Å². The number of nitrogen functional groups attached to an aromatic ring is 1. The Morgan fingerprint density at radius 1 is 1.43 bits per heavy atom. The molecule has 0 aliphatic carbocycles. The number of hydrogen-bond acceptors (Lipinski definition) is 5. The Morgan fingerprint density at radius 2 is 2.29 bits per heavy atom. The minimum Gasteiger partial charge on any atom is -0.374 e. The number of rotatable bonds is 2. The van der Waals surface area contributed by atoms with Gasteiger partial charge in [0.25, 0.3) is 0 Å². The summed E-state index contributed by atoms with van der Waals surface area (Å²) in [5.74, 6) is 0. The summed E-state index contributed by atoms with van der Waals surface area (Å²) in [6.45, 7) is 2.06. The summed E-state index contributed by atoms with van der Waals surface area (Å²) < 4.78 is 4.11. The summed E-state index contributed by atoms with van der Waals surface area (Å²) in [6.07, 6.45) is 0. The molecule has 5 heteroatoms. The van der Waals surface area contributed by atoms with Gasteiger partial charge in [0, 0.05) is 16.4 Å². The topological polar surface area (TPSA) is 51.8 Å². The maximum Gasteiger partial charge on any atom is 0.206 e. The van der Waals surface area contributed by atoms with Gasteiger partial charge < -0.3 is 5.73 Å². The van der Waals surface area contributed by atoms with Crippen molar-refractivity contribution in [3.63, 3.8) is 0 Å². The van der Waals surface area contributed by atoms with Crippen molar-refractivity contribution in [1.29, 1.82) is 0 Å². The van der Waals surface area contributed by atoms with Gasteiger partial charge in [0.2, 0.25) is 10.3 Å². The third-order valence-corrected chi connectivity index (χ3v) is 3.13. The molecular formula is C9H9N3S2. The molecule has 0 spiro atoms. The molecule has 0 amide bonds. The van der Waals surface area contributed by atoms with E-state index in [-0.39, 0.29) is 0 Å². The molecule has 0 fully saturated rings. The van der Waals surface area contributed by atoms with Crippen molar-refractivity contribution in [2.45, 2.75) is 17.0 Å². The summed E-state index contributed by atoms with van der Waals surface area (Å²) in [7, 11) is 0. The fourth-order valence-corrected chi connectivity index (χ4v) is 2.45. The molecule has 0 saturated heterocycles. The highest BCUT2D eigenvalue weighted by atomic mass is 32.2. The number of hydrogen-bond donors (Lipinski definition) is 1. The molecule has 0 aliphatic heterocycles. The van der Waals surface area contributed by atoms with E-state index in [0.29, 0.717) is 5.13 Å². The highest BCUT2D eigenvalue weighted by Gasteiger charge is 2.03. The average molecular weight is 223 g/mol. The van der Waals surface area contributed by atoms with Crippen LogP contribution in [0.1, 0.15) is 5.56 Å². The van der Waals surface area contributed by atoms with Gasteiger partial charge in [-0.3, -0.25) is 0 Å². The highest BCUT2D eigenvalue weighted by Crippen LogP contribution is 2.27. The molecule has 2 rings (SSSR count). The molecule has 72 valence electrons. The number of aromatic nitrogens is 2. The molecule has 0 aliphatic rings. The molecule has 1 aromatic carbocycles. The molecule has 1 aromatic heterocycles. The van der Waals surface area contributed by atoms with Gasteiger partial charge >= 0.3 is 0 Å². The lowest BCUT2D eigenvalue weighted by atomic mass is 10.2. The SMILES string of the molecule is Cc1cccc(Sc2nsc(N)n2)c1. The van der Waals surface area contributed by atoms with Gasteiger partial charge in [-0.15, -0.1) is 0 Å². The maximum absolute atomic E-state index is 5.49. The van der Waals surface area contributed by atoms with Gasteiger partial charge in [-0.2, -0.15) is 9.36 Å². The van der Waals surface area contributed by atoms with E-state index in [1.54, 1.807) is 0 Å². The molecule has 1 heterocycles. The normalized spacial score (nSPS) is 10.4. The first-order valence-electron chi connectivity index (χ1n) is 4.08. The quantitative estimate of drug-likeness (QED) is 0.850. The Balaban J connectivity index is 2.18. The number of nitrogens with zero attached hydrogens (tertiary/aromatic N) is 2. The Kier molecular flexibility index (Phi) is 2.69. The van der Waals surface area contributed by atoms with E-state index in [0.717, 1.165) is 10.1 Å². The van der Waals surface area contributed by atoms with Gasteiger partial charge in [-0.05, 0) is 30.8 Å². The van der Waals surface area contributed by atoms with Crippen LogP contribution >= 0.6 is 23.3 Å². The van der Waals surface area contributed by atoms with Crippen molar-refractivity contribution in [2.75, 3.05) is 5.73 Å². The first kappa shape index (κ1) is 9.48. The summed E-state index contributed by atoms with van der Waals surface area (Å²) in [5.41, 5.74) is 6.73. The Morgan fingerprint density at radius 3 is 2.93 bits per heavy atom. The van der Waals surface area contributed by atoms with E-state index in [2.05, 4.69) is 28.4 Å². The molecule has 0 saturated carbocycles. The van der Waals surface area contributed by atoms with E-state index in [9.17, 15) is 0 Å². The van der Waals surface area contributed by atoms with Gasteiger partial charge in [0.15, 0.2) is 0 Å². The molecule has 3 nitrogen and oxygen atoms in total. The van der Waals surface area contributed by atoms with Crippen molar-refractivity contribution in [3.8, 4) is 0 Å². The highest BCUT2D eigenvalue weighted by molar-refractivity contribution is 7.99. The predicted octanol–water partition coefficient (Wildman–Crippen LogP) is 2.58. The first-order chi connectivity index (χ1) is 6.74. The smallest absolute Gasteiger partial charge is 0.206 e. The summed E-state index contributed by atoms with van der Waals surface area (Å²) >= 11 is 2.75. The van der Waals surface area contributed by atoms with Crippen molar-refractivity contribution < 1.29 is 0 Å². The average Bonchev–Trinajstić information content (AvgIpc) is 2.51. The van der Waals surface area contributed by atoms with Gasteiger partial charge in [-0.25, -0.2) is 0 Å². The van der Waals surface area contributed by atoms with E-state index in [1.807, 2.05) is 12.1 Å². The van der Waals surface area contributed by atoms with E-state index in [4.69, 9.17) is 5.73 Å². The molecule has 2 N–H and O–H groups in total. The first-order valence-corrected chi connectivity index (χ1v) is 5.67. The largest absolute Gasteiger partial charge is 0.374 e. The van der Waals surface area contributed by atoms with Gasteiger partial charge in [0.1, 0.15) is 0 Å². The second kappa shape index (κ2) is 3.98. The number of aryl methyl sites for hydroxylation is 1. The minimum atomic E-state index is 0.514. The third kappa shape index (κ3) is 2.24. The number of nitrogens with two attached hydrogens (primary N) is 1. The summed E-state index contributed by atoms with van der Waals surface area (Å²) in [4.78, 5) is 5.23. The maximum atomic E-state index is 5.49. The van der Waals surface area contributed by atoms with Crippen LogP contribution in [-0.4, -0.2) is 9.36 Å². The predicted molar refractivity (Wildman–Crippen MR) is 59.6 cm³/mol. The third-order valence-electron chi connectivity index (χ3n) is 1.62. The van der Waals surface area contributed by atoms with Crippen LogP contribution in [0.4, 0.5) is 5.13 Å². The molecule has 2 aromatic rings. The van der Waals surface area contributed by atoms with Crippen molar-refractivity contribution in [2.24, 2.45) is 0 Å². The lowest BCUT2D eigenvalue weighted by Gasteiger charge is -1.97. The lowest BCUT2D eigenvalue weighted by molar-refractivity contribution is 1.08. The molecular weight excluding hydrogens is 214 g/mol. The van der Waals surface area contributed by atoms with Gasteiger partial charge in [0.05, 0.1) is 0 Å². The van der Waals surface area contributed by atoms with Crippen molar-refractivity contribution in [3.05, 3.63) is 29.8 Å². The molecule has 0 atom stereocenters. The summed E-state index contributed by atoms with van der Waals surface area (Å²) in [6, 6.07) is 8.22. The molecule has 0 bridgehead atoms. The summed E-state index contributed by atoms with van der Waals surface area (Å²) in [5, 5.41) is 1.23. The number of benzene rings is 1. The standard InChI is InChI=1S/C9H9N3S2/c1-6-3-2-4-7(5-6)13-9-11-8(10)14-12-9/h2-5H,1H3,(H2,10,11,12). The van der Waals surface area contributed by atoms with Crippen LogP contribution in [-0.2, 0) is 0 Å². The van der Waals surface area contributed by atoms with E-state index < -0.39 is 0 Å². The van der Waals surface area contributed by atoms with E-state index >= 15 is 0 Å². The second-order valence-electron chi connectivity index (χ2n) is 2.83. The Hall–Kier alpha value is -1.07. The second-order valence-corrected chi connectivity index (χ2v) is 4.66. The zero-order valence-electron chi connectivity index (χ0n) is 7.60. The molecule has 0 unspecified atom stereocenters. The van der Waals surface area contributed by atoms with Crippen LogP contribution in [0.15, 0.2) is 34.3 Å². The van der Waals surface area contributed by atoms with Gasteiger partial charge in [-0.1, -0.05) is 17.7 Å². The fourth-order valence-electron chi connectivity index (χ4n) is 1.05. The fraction of sp³-hybridized carbons (Fsp3) is 0.111. The molecule has 14 heavy (non-hydrogen) atoms. The lowest BCUT2D eigenvalue weighted by Crippen LogP contribution is -1.81. The van der Waals surface area contributed by atoms with Crippen molar-refractivity contribution >= 4 is 28.4 Å². The van der Waals surface area contributed by atoms with Crippen LogP contribution in [0.5, 0.6) is 0 Å². The Labute approximate surface area is 90.5 Å². The van der Waals surface area contributed by atoms with Crippen molar-refractivity contribution in [1.82, 2.24) is 9.36 Å². The Bertz CT molecular complexity index is 439. The zero-order valence-corrected chi connectivity index (χ0v) is 9.23. The minimum absolute atomic E-state index is 0.514. The van der Waals surface area contributed by atoms with Crippen LogP contribution in [0.25, 0.3) is 0 Å².